The second-order valence-electron chi connectivity index (χ2n) is 5.91. The van der Waals surface area contributed by atoms with Crippen LogP contribution in [-0.2, 0) is 4.74 Å². The van der Waals surface area contributed by atoms with Gasteiger partial charge in [-0.2, -0.15) is 5.10 Å². The van der Waals surface area contributed by atoms with Gasteiger partial charge < -0.3 is 9.47 Å². The normalized spacial score (nSPS) is 17.4. The van der Waals surface area contributed by atoms with Gasteiger partial charge in [-0.25, -0.2) is 4.68 Å². The van der Waals surface area contributed by atoms with Crippen LogP contribution in [0.25, 0.3) is 16.9 Å². The van der Waals surface area contributed by atoms with Crippen LogP contribution < -0.4 is 4.74 Å². The Morgan fingerprint density at radius 3 is 2.60 bits per heavy atom. The smallest absolute Gasteiger partial charge is 0.199 e. The highest BCUT2D eigenvalue weighted by molar-refractivity contribution is 9.10. The Labute approximate surface area is 154 Å². The second-order valence-corrected chi connectivity index (χ2v) is 6.77. The van der Waals surface area contributed by atoms with Gasteiger partial charge in [0.05, 0.1) is 16.8 Å². The van der Waals surface area contributed by atoms with Gasteiger partial charge in [0.1, 0.15) is 11.4 Å². The molecule has 1 aliphatic rings. The molecule has 6 heteroatoms. The average Bonchev–Trinajstić information content (AvgIpc) is 3.06. The number of pyridine rings is 1. The Bertz CT molecular complexity index is 828. The number of halogens is 1. The molecule has 1 fully saturated rings. The first kappa shape index (κ1) is 16.3. The van der Waals surface area contributed by atoms with E-state index >= 15 is 0 Å². The molecule has 0 saturated carbocycles. The molecule has 0 spiro atoms. The van der Waals surface area contributed by atoms with Crippen LogP contribution in [0.15, 0.2) is 59.5 Å². The summed E-state index contributed by atoms with van der Waals surface area (Å²) in [6.07, 6.45) is 8.57. The monoisotopic (exact) mass is 399 g/mol. The molecule has 5 nitrogen and oxygen atoms in total. The first-order valence-electron chi connectivity index (χ1n) is 8.34. The summed E-state index contributed by atoms with van der Waals surface area (Å²) in [5, 5.41) is 4.67. The number of rotatable bonds is 4. The number of nitrogens with zero attached hydrogens (tertiary/aromatic N) is 3. The molecule has 3 aromatic rings. The summed E-state index contributed by atoms with van der Waals surface area (Å²) in [4.78, 5) is 4.05. The number of hydrogen-bond acceptors (Lipinski definition) is 4. The third kappa shape index (κ3) is 3.75. The van der Waals surface area contributed by atoms with Crippen molar-refractivity contribution in [3.63, 3.8) is 0 Å². The number of ether oxygens (including phenoxy) is 2. The number of hydrogen-bond donors (Lipinski definition) is 0. The van der Waals surface area contributed by atoms with E-state index in [-0.39, 0.29) is 6.29 Å². The summed E-state index contributed by atoms with van der Waals surface area (Å²) in [7, 11) is 0. The lowest BCUT2D eigenvalue weighted by Gasteiger charge is -2.23. The highest BCUT2D eigenvalue weighted by atomic mass is 79.9. The van der Waals surface area contributed by atoms with Crippen LogP contribution >= 0.6 is 15.9 Å². The summed E-state index contributed by atoms with van der Waals surface area (Å²) >= 11 is 3.59. The molecule has 1 atom stereocenters. The molecule has 1 aliphatic heterocycles. The third-order valence-corrected chi connectivity index (χ3v) is 4.71. The van der Waals surface area contributed by atoms with Crippen molar-refractivity contribution in [3.8, 4) is 22.7 Å². The SMILES string of the molecule is Brc1cn(-c2ccc(OC3CCCCO3)cc2)nc1-c1ccncc1. The minimum atomic E-state index is -0.128. The summed E-state index contributed by atoms with van der Waals surface area (Å²) in [5.41, 5.74) is 2.88. The average molecular weight is 400 g/mol. The third-order valence-electron chi connectivity index (χ3n) is 4.13. The Kier molecular flexibility index (Phi) is 4.81. The van der Waals surface area contributed by atoms with E-state index in [2.05, 4.69) is 26.0 Å². The fraction of sp³-hybridized carbons (Fsp3) is 0.263. The lowest BCUT2D eigenvalue weighted by Crippen LogP contribution is -2.24. The highest BCUT2D eigenvalue weighted by Crippen LogP contribution is 2.28. The van der Waals surface area contributed by atoms with Crippen molar-refractivity contribution in [2.24, 2.45) is 0 Å². The molecule has 2 aromatic heterocycles. The first-order chi connectivity index (χ1) is 12.3. The second kappa shape index (κ2) is 7.37. The van der Waals surface area contributed by atoms with E-state index in [1.165, 1.54) is 0 Å². The van der Waals surface area contributed by atoms with Crippen molar-refractivity contribution in [1.82, 2.24) is 14.8 Å². The minimum Gasteiger partial charge on any atom is -0.465 e. The zero-order chi connectivity index (χ0) is 17.1. The van der Waals surface area contributed by atoms with Gasteiger partial charge in [-0.1, -0.05) is 0 Å². The van der Waals surface area contributed by atoms with Gasteiger partial charge in [0, 0.05) is 30.6 Å². The Balaban J connectivity index is 1.52. The minimum absolute atomic E-state index is 0.128. The zero-order valence-electron chi connectivity index (χ0n) is 13.6. The quantitative estimate of drug-likeness (QED) is 0.642. The predicted octanol–water partition coefficient (Wildman–Crippen LogP) is 4.60. The summed E-state index contributed by atoms with van der Waals surface area (Å²) in [6, 6.07) is 11.8. The molecule has 0 bridgehead atoms. The maximum atomic E-state index is 5.88. The van der Waals surface area contributed by atoms with Crippen LogP contribution in [-0.4, -0.2) is 27.7 Å². The molecule has 1 unspecified atom stereocenters. The molecule has 4 rings (SSSR count). The van der Waals surface area contributed by atoms with Gasteiger partial charge in [0.15, 0.2) is 6.29 Å². The van der Waals surface area contributed by atoms with Crippen LogP contribution in [0.4, 0.5) is 0 Å². The van der Waals surface area contributed by atoms with E-state index in [1.54, 1.807) is 12.4 Å². The topological polar surface area (TPSA) is 49.2 Å². The van der Waals surface area contributed by atoms with E-state index in [0.29, 0.717) is 0 Å². The summed E-state index contributed by atoms with van der Waals surface area (Å²) < 4.78 is 14.3. The molecule has 0 aliphatic carbocycles. The van der Waals surface area contributed by atoms with Gasteiger partial charge in [-0.05, 0) is 65.2 Å². The van der Waals surface area contributed by atoms with Crippen molar-refractivity contribution >= 4 is 15.9 Å². The lowest BCUT2D eigenvalue weighted by atomic mass is 10.2. The van der Waals surface area contributed by atoms with Gasteiger partial charge in [0.2, 0.25) is 0 Å². The lowest BCUT2D eigenvalue weighted by molar-refractivity contribution is -0.105. The Morgan fingerprint density at radius 2 is 1.88 bits per heavy atom. The summed E-state index contributed by atoms with van der Waals surface area (Å²) in [5.74, 6) is 0.816. The van der Waals surface area contributed by atoms with Crippen LogP contribution in [0.5, 0.6) is 5.75 Å². The fourth-order valence-corrected chi connectivity index (χ4v) is 3.33. The molecule has 1 saturated heterocycles. The van der Waals surface area contributed by atoms with Crippen molar-refractivity contribution in [2.45, 2.75) is 25.6 Å². The fourth-order valence-electron chi connectivity index (χ4n) is 2.82. The highest BCUT2D eigenvalue weighted by Gasteiger charge is 2.15. The molecule has 128 valence electrons. The van der Waals surface area contributed by atoms with E-state index in [9.17, 15) is 0 Å². The first-order valence-corrected chi connectivity index (χ1v) is 9.13. The van der Waals surface area contributed by atoms with E-state index in [0.717, 1.165) is 53.0 Å². The van der Waals surface area contributed by atoms with E-state index in [1.807, 2.05) is 47.3 Å². The molecule has 0 radical (unpaired) electrons. The predicted molar refractivity (Wildman–Crippen MR) is 98.7 cm³/mol. The van der Waals surface area contributed by atoms with Crippen LogP contribution in [0, 0.1) is 0 Å². The molecular formula is C19H18BrN3O2. The van der Waals surface area contributed by atoms with E-state index in [4.69, 9.17) is 9.47 Å². The Hall–Kier alpha value is -2.18. The molecule has 3 heterocycles. The number of aromatic nitrogens is 3. The molecule has 25 heavy (non-hydrogen) atoms. The van der Waals surface area contributed by atoms with Crippen molar-refractivity contribution in [1.29, 1.82) is 0 Å². The van der Waals surface area contributed by atoms with E-state index < -0.39 is 0 Å². The number of benzene rings is 1. The van der Waals surface area contributed by atoms with Gasteiger partial charge in [-0.3, -0.25) is 4.98 Å². The Morgan fingerprint density at radius 1 is 1.08 bits per heavy atom. The van der Waals surface area contributed by atoms with Crippen molar-refractivity contribution < 1.29 is 9.47 Å². The zero-order valence-corrected chi connectivity index (χ0v) is 15.2. The van der Waals surface area contributed by atoms with Gasteiger partial charge >= 0.3 is 0 Å². The molecular weight excluding hydrogens is 382 g/mol. The largest absolute Gasteiger partial charge is 0.465 e. The van der Waals surface area contributed by atoms with Crippen LogP contribution in [0.2, 0.25) is 0 Å². The maximum Gasteiger partial charge on any atom is 0.199 e. The van der Waals surface area contributed by atoms with Gasteiger partial charge in [-0.15, -0.1) is 0 Å². The molecule has 1 aromatic carbocycles. The molecule has 0 amide bonds. The van der Waals surface area contributed by atoms with Crippen molar-refractivity contribution in [3.05, 3.63) is 59.5 Å². The molecule has 0 N–H and O–H groups in total. The van der Waals surface area contributed by atoms with Crippen molar-refractivity contribution in [2.75, 3.05) is 6.61 Å². The van der Waals surface area contributed by atoms with Crippen LogP contribution in [0.3, 0.4) is 0 Å². The van der Waals surface area contributed by atoms with Gasteiger partial charge in [0.25, 0.3) is 0 Å². The van der Waals surface area contributed by atoms with Crippen LogP contribution in [0.1, 0.15) is 19.3 Å². The summed E-state index contributed by atoms with van der Waals surface area (Å²) in [6.45, 7) is 0.780. The standard InChI is InChI=1S/C19H18BrN3O2/c20-17-13-23(22-19(17)14-8-10-21-11-9-14)15-4-6-16(7-5-15)25-18-3-1-2-12-24-18/h4-11,13,18H,1-3,12H2. The maximum absolute atomic E-state index is 5.88.